The monoisotopic (exact) mass is 324 g/mol. The molecule has 0 saturated carbocycles. The number of nitriles is 1. The van der Waals surface area contributed by atoms with Crippen LogP contribution < -0.4 is 0 Å². The van der Waals surface area contributed by atoms with Crippen LogP contribution in [0.5, 0.6) is 0 Å². The van der Waals surface area contributed by atoms with Crippen LogP contribution in [0.2, 0.25) is 0 Å². The summed E-state index contributed by atoms with van der Waals surface area (Å²) in [6.07, 6.45) is 2.81. The van der Waals surface area contributed by atoms with Crippen molar-refractivity contribution in [2.45, 2.75) is 45.1 Å². The number of piperidine rings is 1. The van der Waals surface area contributed by atoms with Crippen molar-refractivity contribution >= 4 is 5.91 Å². The van der Waals surface area contributed by atoms with Gasteiger partial charge in [-0.3, -0.25) is 4.79 Å². The van der Waals surface area contributed by atoms with E-state index < -0.39 is 0 Å². The zero-order valence-electron chi connectivity index (χ0n) is 13.9. The van der Waals surface area contributed by atoms with Crippen LogP contribution in [0, 0.1) is 11.3 Å². The predicted octanol–water partition coefficient (Wildman–Crippen LogP) is 3.43. The molecule has 1 amide bonds. The summed E-state index contributed by atoms with van der Waals surface area (Å²) in [5.41, 5.74) is 1.12. The summed E-state index contributed by atoms with van der Waals surface area (Å²) in [5.74, 6) is 1.31. The maximum Gasteiger partial charge on any atom is 0.254 e. The molecule has 0 N–H and O–H groups in total. The summed E-state index contributed by atoms with van der Waals surface area (Å²) in [6, 6.07) is 8.60. The number of amides is 1. The summed E-state index contributed by atoms with van der Waals surface area (Å²) in [7, 11) is 0. The lowest BCUT2D eigenvalue weighted by Gasteiger charge is -2.33. The fraction of sp³-hybridized carbons (Fsp3) is 0.444. The van der Waals surface area contributed by atoms with E-state index in [4.69, 9.17) is 9.78 Å². The first-order valence-corrected chi connectivity index (χ1v) is 8.24. The number of nitrogens with zero attached hydrogens (tertiary/aromatic N) is 4. The third-order valence-corrected chi connectivity index (χ3v) is 4.28. The molecule has 6 nitrogen and oxygen atoms in total. The largest absolute Gasteiger partial charge is 0.337 e. The van der Waals surface area contributed by atoms with E-state index in [2.05, 4.69) is 16.2 Å². The Hall–Kier alpha value is -2.68. The van der Waals surface area contributed by atoms with Crippen molar-refractivity contribution < 1.29 is 9.32 Å². The molecule has 0 aliphatic carbocycles. The van der Waals surface area contributed by atoms with Crippen LogP contribution in [0.1, 0.15) is 72.7 Å². The van der Waals surface area contributed by atoms with Gasteiger partial charge in [0.05, 0.1) is 11.6 Å². The molecular weight excluding hydrogens is 304 g/mol. The standard InChI is InChI=1S/C18H20N4O2/c1-12(2)16-20-17(24-21-16)15-5-3-4-10-22(15)18(23)14-8-6-13(11-19)7-9-14/h6-9,12,15H,3-5,10H2,1-2H3. The molecular formula is C18H20N4O2. The molecule has 3 rings (SSSR count). The maximum absolute atomic E-state index is 12.9. The number of hydrogen-bond donors (Lipinski definition) is 0. The number of carbonyl (C=O) groups is 1. The summed E-state index contributed by atoms with van der Waals surface area (Å²) < 4.78 is 5.42. The number of aromatic nitrogens is 2. The molecule has 2 heterocycles. The maximum atomic E-state index is 12.9. The highest BCUT2D eigenvalue weighted by molar-refractivity contribution is 5.94. The second kappa shape index (κ2) is 6.83. The summed E-state index contributed by atoms with van der Waals surface area (Å²) >= 11 is 0. The van der Waals surface area contributed by atoms with E-state index >= 15 is 0 Å². The van der Waals surface area contributed by atoms with E-state index in [0.717, 1.165) is 19.3 Å². The zero-order valence-corrected chi connectivity index (χ0v) is 13.9. The van der Waals surface area contributed by atoms with Gasteiger partial charge in [0.2, 0.25) is 5.89 Å². The third-order valence-electron chi connectivity index (χ3n) is 4.28. The van der Waals surface area contributed by atoms with Crippen molar-refractivity contribution in [3.63, 3.8) is 0 Å². The Balaban J connectivity index is 1.85. The van der Waals surface area contributed by atoms with Crippen molar-refractivity contribution in [1.82, 2.24) is 15.0 Å². The van der Waals surface area contributed by atoms with E-state index in [0.29, 0.717) is 29.4 Å². The van der Waals surface area contributed by atoms with Crippen LogP contribution in [-0.4, -0.2) is 27.5 Å². The lowest BCUT2D eigenvalue weighted by Crippen LogP contribution is -2.38. The molecule has 0 bridgehead atoms. The second-order valence-corrected chi connectivity index (χ2v) is 6.34. The highest BCUT2D eigenvalue weighted by atomic mass is 16.5. The van der Waals surface area contributed by atoms with Gasteiger partial charge in [-0.05, 0) is 43.5 Å². The first-order chi connectivity index (χ1) is 11.6. The van der Waals surface area contributed by atoms with Crippen LogP contribution in [0.4, 0.5) is 0 Å². The van der Waals surface area contributed by atoms with Gasteiger partial charge in [0, 0.05) is 18.0 Å². The highest BCUT2D eigenvalue weighted by Gasteiger charge is 2.32. The van der Waals surface area contributed by atoms with Crippen molar-refractivity contribution in [2.75, 3.05) is 6.54 Å². The van der Waals surface area contributed by atoms with Crippen molar-refractivity contribution in [3.8, 4) is 6.07 Å². The average Bonchev–Trinajstić information content (AvgIpc) is 3.11. The molecule has 1 aliphatic heterocycles. The Kier molecular flexibility index (Phi) is 4.61. The number of hydrogen-bond acceptors (Lipinski definition) is 5. The van der Waals surface area contributed by atoms with E-state index in [9.17, 15) is 4.79 Å². The Morgan fingerprint density at radius 1 is 1.33 bits per heavy atom. The number of benzene rings is 1. The van der Waals surface area contributed by atoms with Gasteiger partial charge < -0.3 is 9.42 Å². The molecule has 0 spiro atoms. The normalized spacial score (nSPS) is 17.8. The van der Waals surface area contributed by atoms with Crippen LogP contribution >= 0.6 is 0 Å². The van der Waals surface area contributed by atoms with E-state index in [1.54, 1.807) is 24.3 Å². The summed E-state index contributed by atoms with van der Waals surface area (Å²) in [6.45, 7) is 4.69. The molecule has 1 aliphatic rings. The van der Waals surface area contributed by atoms with Gasteiger partial charge in [-0.25, -0.2) is 0 Å². The third kappa shape index (κ3) is 3.16. The molecule has 6 heteroatoms. The Bertz CT molecular complexity index is 758. The SMILES string of the molecule is CC(C)c1noc(C2CCCCN2C(=O)c2ccc(C#N)cc2)n1. The molecule has 1 fully saturated rings. The number of rotatable bonds is 3. The topological polar surface area (TPSA) is 83.0 Å². The van der Waals surface area contributed by atoms with Crippen LogP contribution in [-0.2, 0) is 0 Å². The Morgan fingerprint density at radius 2 is 2.08 bits per heavy atom. The van der Waals surface area contributed by atoms with Gasteiger partial charge in [0.1, 0.15) is 6.04 Å². The minimum absolute atomic E-state index is 0.0616. The van der Waals surface area contributed by atoms with Crippen LogP contribution in [0.15, 0.2) is 28.8 Å². The van der Waals surface area contributed by atoms with Crippen molar-refractivity contribution in [1.29, 1.82) is 5.26 Å². The first kappa shape index (κ1) is 16.2. The molecule has 2 aromatic rings. The molecule has 1 aromatic heterocycles. The van der Waals surface area contributed by atoms with Gasteiger partial charge in [0.15, 0.2) is 5.82 Å². The molecule has 124 valence electrons. The van der Waals surface area contributed by atoms with Crippen LogP contribution in [0.25, 0.3) is 0 Å². The predicted molar refractivity (Wildman–Crippen MR) is 87.2 cm³/mol. The summed E-state index contributed by atoms with van der Waals surface area (Å²) in [5, 5.41) is 12.9. The fourth-order valence-electron chi connectivity index (χ4n) is 2.90. The highest BCUT2D eigenvalue weighted by Crippen LogP contribution is 2.31. The quantitative estimate of drug-likeness (QED) is 0.863. The summed E-state index contributed by atoms with van der Waals surface area (Å²) in [4.78, 5) is 19.2. The van der Waals surface area contributed by atoms with Gasteiger partial charge in [0.25, 0.3) is 5.91 Å². The Labute approximate surface area is 141 Å². The van der Waals surface area contributed by atoms with Gasteiger partial charge in [-0.1, -0.05) is 19.0 Å². The smallest absolute Gasteiger partial charge is 0.254 e. The lowest BCUT2D eigenvalue weighted by atomic mass is 10.00. The average molecular weight is 324 g/mol. The van der Waals surface area contributed by atoms with Crippen molar-refractivity contribution in [3.05, 3.63) is 47.1 Å². The number of carbonyl (C=O) groups excluding carboxylic acids is 1. The van der Waals surface area contributed by atoms with Crippen LogP contribution in [0.3, 0.4) is 0 Å². The molecule has 1 unspecified atom stereocenters. The number of likely N-dealkylation sites (tertiary alicyclic amines) is 1. The first-order valence-electron chi connectivity index (χ1n) is 8.24. The molecule has 0 radical (unpaired) electrons. The van der Waals surface area contributed by atoms with Gasteiger partial charge in [-0.2, -0.15) is 10.2 Å². The minimum Gasteiger partial charge on any atom is -0.337 e. The van der Waals surface area contributed by atoms with E-state index in [-0.39, 0.29) is 17.9 Å². The minimum atomic E-state index is -0.179. The van der Waals surface area contributed by atoms with Crippen molar-refractivity contribution in [2.24, 2.45) is 0 Å². The lowest BCUT2D eigenvalue weighted by molar-refractivity contribution is 0.0561. The van der Waals surface area contributed by atoms with Gasteiger partial charge >= 0.3 is 0 Å². The second-order valence-electron chi connectivity index (χ2n) is 6.34. The van der Waals surface area contributed by atoms with Gasteiger partial charge in [-0.15, -0.1) is 0 Å². The molecule has 24 heavy (non-hydrogen) atoms. The zero-order chi connectivity index (χ0) is 17.1. The molecule has 1 saturated heterocycles. The van der Waals surface area contributed by atoms with E-state index in [1.807, 2.05) is 18.7 Å². The molecule has 1 atom stereocenters. The Morgan fingerprint density at radius 3 is 2.71 bits per heavy atom. The van der Waals surface area contributed by atoms with E-state index in [1.165, 1.54) is 0 Å². The fourth-order valence-corrected chi connectivity index (χ4v) is 2.90. The molecule has 1 aromatic carbocycles.